The lowest BCUT2D eigenvalue weighted by Crippen LogP contribution is -2.51. The third-order valence-corrected chi connectivity index (χ3v) is 5.38. The molecule has 0 aromatic heterocycles. The number of ether oxygens (including phenoxy) is 1. The molecular formula is C15H29N3O2. The van der Waals surface area contributed by atoms with Gasteiger partial charge in [0.1, 0.15) is 5.54 Å². The Kier molecular flexibility index (Phi) is 5.04. The summed E-state index contributed by atoms with van der Waals surface area (Å²) in [5, 5.41) is 3.21. The first kappa shape index (κ1) is 15.7. The topological polar surface area (TPSA) is 44.8 Å². The first-order chi connectivity index (χ1) is 9.52. The Labute approximate surface area is 122 Å². The number of likely N-dealkylation sites (N-methyl/N-ethyl adjacent to an activating group) is 1. The summed E-state index contributed by atoms with van der Waals surface area (Å²) in [6.07, 6.45) is 5.26. The van der Waals surface area contributed by atoms with Gasteiger partial charge >= 0.3 is 5.97 Å². The van der Waals surface area contributed by atoms with E-state index in [4.69, 9.17) is 4.74 Å². The van der Waals surface area contributed by atoms with Crippen molar-refractivity contribution in [2.75, 3.05) is 41.3 Å². The van der Waals surface area contributed by atoms with E-state index in [0.29, 0.717) is 12.1 Å². The molecule has 2 unspecified atom stereocenters. The molecule has 1 aliphatic heterocycles. The Hall–Kier alpha value is -0.650. The maximum absolute atomic E-state index is 12.0. The molecule has 0 radical (unpaired) electrons. The third-order valence-electron chi connectivity index (χ3n) is 5.38. The van der Waals surface area contributed by atoms with Crippen LogP contribution in [0.2, 0.25) is 0 Å². The molecule has 1 aliphatic carbocycles. The molecule has 1 heterocycles. The summed E-state index contributed by atoms with van der Waals surface area (Å²) in [4.78, 5) is 16.9. The number of hydrogen-bond acceptors (Lipinski definition) is 5. The van der Waals surface area contributed by atoms with Crippen LogP contribution >= 0.6 is 0 Å². The van der Waals surface area contributed by atoms with Crippen LogP contribution in [0.5, 0.6) is 0 Å². The molecule has 0 bridgehead atoms. The van der Waals surface area contributed by atoms with Gasteiger partial charge in [0, 0.05) is 12.1 Å². The van der Waals surface area contributed by atoms with Gasteiger partial charge in [-0.2, -0.15) is 0 Å². The van der Waals surface area contributed by atoms with Gasteiger partial charge in [0.05, 0.1) is 7.11 Å². The molecule has 0 amide bonds. The summed E-state index contributed by atoms with van der Waals surface area (Å²) in [6, 6.07) is 1.14. The van der Waals surface area contributed by atoms with Crippen molar-refractivity contribution in [1.29, 1.82) is 0 Å². The van der Waals surface area contributed by atoms with Crippen molar-refractivity contribution in [3.63, 3.8) is 0 Å². The van der Waals surface area contributed by atoms with Gasteiger partial charge in [0.2, 0.25) is 0 Å². The van der Waals surface area contributed by atoms with Crippen LogP contribution in [-0.2, 0) is 9.53 Å². The Morgan fingerprint density at radius 3 is 2.50 bits per heavy atom. The molecule has 0 spiro atoms. The quantitative estimate of drug-likeness (QED) is 0.769. The average molecular weight is 283 g/mol. The van der Waals surface area contributed by atoms with Crippen molar-refractivity contribution in [3.8, 4) is 0 Å². The van der Waals surface area contributed by atoms with Crippen LogP contribution in [0.4, 0.5) is 0 Å². The predicted octanol–water partition coefficient (Wildman–Crippen LogP) is 0.696. The van der Waals surface area contributed by atoms with Crippen LogP contribution in [0.15, 0.2) is 0 Å². The lowest BCUT2D eigenvalue weighted by atomic mass is 9.96. The van der Waals surface area contributed by atoms with Crippen LogP contribution in [0.1, 0.15) is 32.1 Å². The molecule has 116 valence electrons. The van der Waals surface area contributed by atoms with Crippen LogP contribution in [0.25, 0.3) is 0 Å². The SMILES string of the molecule is CNC1(C(=O)OC)CCC(N(C)C2CCN(C)CC2)C1. The molecule has 2 rings (SSSR count). The molecular weight excluding hydrogens is 254 g/mol. The van der Waals surface area contributed by atoms with Crippen molar-refractivity contribution < 1.29 is 9.53 Å². The Bertz CT molecular complexity index is 342. The number of piperidine rings is 1. The van der Waals surface area contributed by atoms with Crippen molar-refractivity contribution in [2.45, 2.75) is 49.7 Å². The van der Waals surface area contributed by atoms with E-state index in [2.05, 4.69) is 29.2 Å². The lowest BCUT2D eigenvalue weighted by Gasteiger charge is -2.38. The highest BCUT2D eigenvalue weighted by atomic mass is 16.5. The fourth-order valence-corrected chi connectivity index (χ4v) is 3.78. The van der Waals surface area contributed by atoms with Crippen LogP contribution in [0.3, 0.4) is 0 Å². The third kappa shape index (κ3) is 3.00. The molecule has 20 heavy (non-hydrogen) atoms. The van der Waals surface area contributed by atoms with Gasteiger partial charge in [-0.15, -0.1) is 0 Å². The number of carbonyl (C=O) groups excluding carboxylic acids is 1. The minimum Gasteiger partial charge on any atom is -0.468 e. The number of esters is 1. The number of nitrogens with zero attached hydrogens (tertiary/aromatic N) is 2. The number of carbonyl (C=O) groups is 1. The summed E-state index contributed by atoms with van der Waals surface area (Å²) in [7, 11) is 7.77. The van der Waals surface area contributed by atoms with E-state index in [0.717, 1.165) is 19.3 Å². The van der Waals surface area contributed by atoms with Gasteiger partial charge in [0.25, 0.3) is 0 Å². The highest BCUT2D eigenvalue weighted by Crippen LogP contribution is 2.35. The summed E-state index contributed by atoms with van der Waals surface area (Å²) >= 11 is 0. The highest BCUT2D eigenvalue weighted by molar-refractivity contribution is 5.81. The van der Waals surface area contributed by atoms with E-state index >= 15 is 0 Å². The van der Waals surface area contributed by atoms with Crippen molar-refractivity contribution in [3.05, 3.63) is 0 Å². The van der Waals surface area contributed by atoms with Crippen LogP contribution in [0, 0.1) is 0 Å². The van der Waals surface area contributed by atoms with E-state index in [-0.39, 0.29) is 5.97 Å². The van der Waals surface area contributed by atoms with Gasteiger partial charge in [-0.05, 0) is 66.3 Å². The maximum atomic E-state index is 12.0. The highest BCUT2D eigenvalue weighted by Gasteiger charge is 2.47. The van der Waals surface area contributed by atoms with E-state index in [1.54, 1.807) is 0 Å². The molecule has 2 aliphatic rings. The van der Waals surface area contributed by atoms with Gasteiger partial charge in [0.15, 0.2) is 0 Å². The Balaban J connectivity index is 1.96. The van der Waals surface area contributed by atoms with Crippen molar-refractivity contribution >= 4 is 5.97 Å². The molecule has 2 atom stereocenters. The van der Waals surface area contributed by atoms with E-state index in [1.165, 1.54) is 33.0 Å². The summed E-state index contributed by atoms with van der Waals surface area (Å²) in [5.41, 5.74) is -0.473. The van der Waals surface area contributed by atoms with E-state index in [9.17, 15) is 4.79 Å². The van der Waals surface area contributed by atoms with Crippen LogP contribution < -0.4 is 5.32 Å². The number of rotatable bonds is 4. The zero-order valence-corrected chi connectivity index (χ0v) is 13.3. The minimum absolute atomic E-state index is 0.112. The normalized spacial score (nSPS) is 32.8. The zero-order chi connectivity index (χ0) is 14.8. The Morgan fingerprint density at radius 2 is 1.95 bits per heavy atom. The van der Waals surface area contributed by atoms with E-state index < -0.39 is 5.54 Å². The largest absolute Gasteiger partial charge is 0.468 e. The number of methoxy groups -OCH3 is 1. The summed E-state index contributed by atoms with van der Waals surface area (Å²) in [6.45, 7) is 2.35. The second kappa shape index (κ2) is 6.41. The maximum Gasteiger partial charge on any atom is 0.326 e. The van der Waals surface area contributed by atoms with Gasteiger partial charge in [-0.3, -0.25) is 4.79 Å². The predicted molar refractivity (Wildman–Crippen MR) is 79.7 cm³/mol. The number of hydrogen-bond donors (Lipinski definition) is 1. The molecule has 1 N–H and O–H groups in total. The standard InChI is InChI=1S/C15H29N3O2/c1-16-15(14(19)20-4)8-5-13(11-15)18(3)12-6-9-17(2)10-7-12/h12-13,16H,5-11H2,1-4H3. The zero-order valence-electron chi connectivity index (χ0n) is 13.3. The lowest BCUT2D eigenvalue weighted by molar-refractivity contribution is -0.148. The second-order valence-electron chi connectivity index (χ2n) is 6.42. The Morgan fingerprint density at radius 1 is 1.30 bits per heavy atom. The first-order valence-corrected chi connectivity index (χ1v) is 7.70. The molecule has 5 nitrogen and oxygen atoms in total. The van der Waals surface area contributed by atoms with Crippen LogP contribution in [-0.4, -0.2) is 74.7 Å². The number of likely N-dealkylation sites (tertiary alicyclic amines) is 1. The summed E-state index contributed by atoms with van der Waals surface area (Å²) in [5.74, 6) is -0.112. The fraction of sp³-hybridized carbons (Fsp3) is 0.933. The van der Waals surface area contributed by atoms with E-state index in [1.807, 2.05) is 7.05 Å². The van der Waals surface area contributed by atoms with Gasteiger partial charge in [-0.25, -0.2) is 0 Å². The molecule has 1 saturated carbocycles. The second-order valence-corrected chi connectivity index (χ2v) is 6.42. The van der Waals surface area contributed by atoms with Gasteiger partial charge in [-0.1, -0.05) is 0 Å². The average Bonchev–Trinajstić information content (AvgIpc) is 2.92. The fourth-order valence-electron chi connectivity index (χ4n) is 3.78. The summed E-state index contributed by atoms with van der Waals surface area (Å²) < 4.78 is 4.99. The van der Waals surface area contributed by atoms with Crippen molar-refractivity contribution in [2.24, 2.45) is 0 Å². The molecule has 2 fully saturated rings. The van der Waals surface area contributed by atoms with Gasteiger partial charge < -0.3 is 19.9 Å². The first-order valence-electron chi connectivity index (χ1n) is 7.70. The monoisotopic (exact) mass is 283 g/mol. The van der Waals surface area contributed by atoms with Crippen molar-refractivity contribution in [1.82, 2.24) is 15.1 Å². The smallest absolute Gasteiger partial charge is 0.326 e. The molecule has 1 saturated heterocycles. The molecule has 5 heteroatoms. The number of nitrogens with one attached hydrogen (secondary N) is 1. The molecule has 0 aromatic carbocycles. The minimum atomic E-state index is -0.473. The molecule has 0 aromatic rings.